The molecule has 5 nitrogen and oxygen atoms in total. The fourth-order valence-electron chi connectivity index (χ4n) is 4.55. The summed E-state index contributed by atoms with van der Waals surface area (Å²) in [4.78, 5) is 12.8. The van der Waals surface area contributed by atoms with Gasteiger partial charge in [0.15, 0.2) is 5.52 Å². The van der Waals surface area contributed by atoms with E-state index >= 15 is 0 Å². The van der Waals surface area contributed by atoms with E-state index in [0.717, 1.165) is 28.1 Å². The Balaban J connectivity index is 1.71. The molecule has 2 aromatic carbocycles. The molecule has 0 amide bonds. The molecule has 5 heteroatoms. The molecule has 32 heavy (non-hydrogen) atoms. The van der Waals surface area contributed by atoms with E-state index in [1.807, 2.05) is 6.07 Å². The average Bonchev–Trinajstić information content (AvgIpc) is 3.11. The Bertz CT molecular complexity index is 1300. The third kappa shape index (κ3) is 3.85. The van der Waals surface area contributed by atoms with Crippen molar-refractivity contribution in [3.8, 4) is 11.3 Å². The van der Waals surface area contributed by atoms with E-state index in [2.05, 4.69) is 93.1 Å². The summed E-state index contributed by atoms with van der Waals surface area (Å²) in [6, 6.07) is 21.4. The van der Waals surface area contributed by atoms with Crippen molar-refractivity contribution in [1.29, 1.82) is 0 Å². The van der Waals surface area contributed by atoms with Crippen LogP contribution in [0.2, 0.25) is 0 Å². The lowest BCUT2D eigenvalue weighted by Gasteiger charge is -2.32. The summed E-state index contributed by atoms with van der Waals surface area (Å²) in [7, 11) is 0. The molecule has 1 atom stereocenters. The predicted molar refractivity (Wildman–Crippen MR) is 130 cm³/mol. The second-order valence-corrected chi connectivity index (χ2v) is 8.81. The molecule has 4 aromatic rings. The van der Waals surface area contributed by atoms with Gasteiger partial charge in [-0.2, -0.15) is 0 Å². The van der Waals surface area contributed by atoms with Crippen LogP contribution in [-0.4, -0.2) is 20.6 Å². The van der Waals surface area contributed by atoms with Gasteiger partial charge < -0.3 is 14.7 Å². The van der Waals surface area contributed by atoms with E-state index in [-0.39, 0.29) is 5.95 Å². The molecule has 1 fully saturated rings. The first-order valence-corrected chi connectivity index (χ1v) is 11.3. The van der Waals surface area contributed by atoms with E-state index < -0.39 is 0 Å². The molecule has 0 aliphatic heterocycles. The lowest BCUT2D eigenvalue weighted by atomic mass is 9.80. The van der Waals surface area contributed by atoms with Crippen LogP contribution in [0.25, 0.3) is 27.1 Å². The topological polar surface area (TPSA) is 47.1 Å². The average molecular weight is 422 g/mol. The molecule has 5 rings (SSSR count). The lowest BCUT2D eigenvalue weighted by Crippen LogP contribution is -2.31. The first kappa shape index (κ1) is 20.3. The number of aromatic nitrogens is 3. The third-order valence-corrected chi connectivity index (χ3v) is 6.55. The molecule has 0 spiro atoms. The molecular formula is C27H27N5. The van der Waals surface area contributed by atoms with Gasteiger partial charge in [-0.05, 0) is 49.8 Å². The lowest BCUT2D eigenvalue weighted by molar-refractivity contribution is 0.285. The Labute approximate surface area is 189 Å². The molecule has 0 saturated heterocycles. The minimum Gasteiger partial charge on any atom is -0.394 e. The van der Waals surface area contributed by atoms with E-state index in [1.165, 1.54) is 30.4 Å². The Morgan fingerprint density at radius 3 is 2.59 bits per heavy atom. The summed E-state index contributed by atoms with van der Waals surface area (Å²) in [5.41, 5.74) is 6.42. The largest absolute Gasteiger partial charge is 0.394 e. The van der Waals surface area contributed by atoms with Crippen LogP contribution >= 0.6 is 0 Å². The molecule has 2 aromatic heterocycles. The predicted octanol–water partition coefficient (Wildman–Crippen LogP) is 6.61. The minimum atomic E-state index is 0.188. The van der Waals surface area contributed by atoms with Gasteiger partial charge >= 0.3 is 5.95 Å². The van der Waals surface area contributed by atoms with Crippen LogP contribution in [0, 0.1) is 19.4 Å². The van der Waals surface area contributed by atoms with E-state index in [4.69, 9.17) is 6.57 Å². The molecule has 0 radical (unpaired) electrons. The summed E-state index contributed by atoms with van der Waals surface area (Å²) >= 11 is 0. The zero-order chi connectivity index (χ0) is 22.1. The molecule has 2 heterocycles. The van der Waals surface area contributed by atoms with Crippen LogP contribution in [0.3, 0.4) is 0 Å². The van der Waals surface area contributed by atoms with Crippen molar-refractivity contribution in [2.75, 3.05) is 5.32 Å². The van der Waals surface area contributed by atoms with Gasteiger partial charge in [-0.1, -0.05) is 60.5 Å². The highest BCUT2D eigenvalue weighted by Crippen LogP contribution is 2.36. The molecule has 1 aliphatic carbocycles. The molecule has 1 saturated carbocycles. The second kappa shape index (κ2) is 8.47. The van der Waals surface area contributed by atoms with Gasteiger partial charge in [0.25, 0.3) is 0 Å². The van der Waals surface area contributed by atoms with Gasteiger partial charge in [0.2, 0.25) is 5.82 Å². The van der Waals surface area contributed by atoms with Gasteiger partial charge in [-0.3, -0.25) is 0 Å². The molecular weight excluding hydrogens is 394 g/mol. The zero-order valence-electron chi connectivity index (χ0n) is 18.5. The number of hydrogen-bond donors (Lipinski definition) is 1. The number of fused-ring (bicyclic) bond motifs is 1. The van der Waals surface area contributed by atoms with E-state index in [1.54, 1.807) is 0 Å². The van der Waals surface area contributed by atoms with E-state index in [0.29, 0.717) is 18.5 Å². The highest BCUT2D eigenvalue weighted by atomic mass is 15.1. The SMILES string of the molecule is [C-]#[N+]c1nc(N[C@H](C)C2CCC2)c2c(cc(-c3cccc(C)c3)n2Cc2ccccc2)n1. The maximum absolute atomic E-state index is 7.53. The van der Waals surface area contributed by atoms with Crippen LogP contribution in [0.4, 0.5) is 11.8 Å². The number of benzene rings is 2. The number of aryl methyl sites for hydroxylation is 1. The number of nitrogens with one attached hydrogen (secondary N) is 1. The Kier molecular flexibility index (Phi) is 5.36. The normalized spacial score (nSPS) is 14.7. The summed E-state index contributed by atoms with van der Waals surface area (Å²) in [5.74, 6) is 1.61. The number of nitrogens with zero attached hydrogens (tertiary/aromatic N) is 4. The quantitative estimate of drug-likeness (QED) is 0.357. The monoisotopic (exact) mass is 421 g/mol. The summed E-state index contributed by atoms with van der Waals surface area (Å²) in [5, 5.41) is 3.65. The van der Waals surface area contributed by atoms with Crippen molar-refractivity contribution in [3.05, 3.63) is 83.2 Å². The number of hydrogen-bond acceptors (Lipinski definition) is 3. The molecule has 0 unspecified atom stereocenters. The fourth-order valence-corrected chi connectivity index (χ4v) is 4.55. The molecule has 160 valence electrons. The smallest absolute Gasteiger partial charge is 0.374 e. The van der Waals surface area contributed by atoms with Crippen LogP contribution in [0.1, 0.15) is 37.3 Å². The van der Waals surface area contributed by atoms with Crippen molar-refractivity contribution in [2.24, 2.45) is 5.92 Å². The van der Waals surface area contributed by atoms with Crippen LogP contribution < -0.4 is 5.32 Å². The van der Waals surface area contributed by atoms with Gasteiger partial charge in [-0.15, -0.1) is 16.5 Å². The van der Waals surface area contributed by atoms with Crippen molar-refractivity contribution in [3.63, 3.8) is 0 Å². The number of rotatable bonds is 6. The summed E-state index contributed by atoms with van der Waals surface area (Å²) < 4.78 is 2.29. The Morgan fingerprint density at radius 1 is 1.09 bits per heavy atom. The maximum Gasteiger partial charge on any atom is 0.374 e. The van der Waals surface area contributed by atoms with Crippen molar-refractivity contribution in [2.45, 2.75) is 45.7 Å². The van der Waals surface area contributed by atoms with Crippen LogP contribution in [0.15, 0.2) is 60.7 Å². The summed E-state index contributed by atoms with van der Waals surface area (Å²) in [6.45, 7) is 12.6. The van der Waals surface area contributed by atoms with Gasteiger partial charge in [-0.25, -0.2) is 0 Å². The fraction of sp³-hybridized carbons (Fsp3) is 0.296. The first-order chi connectivity index (χ1) is 15.6. The molecule has 1 N–H and O–H groups in total. The van der Waals surface area contributed by atoms with Gasteiger partial charge in [0.05, 0.1) is 5.69 Å². The zero-order valence-corrected chi connectivity index (χ0v) is 18.5. The first-order valence-electron chi connectivity index (χ1n) is 11.3. The van der Waals surface area contributed by atoms with Crippen molar-refractivity contribution in [1.82, 2.24) is 14.5 Å². The Morgan fingerprint density at radius 2 is 1.91 bits per heavy atom. The van der Waals surface area contributed by atoms with Crippen molar-refractivity contribution >= 4 is 22.8 Å². The highest BCUT2D eigenvalue weighted by Gasteiger charge is 2.27. The van der Waals surface area contributed by atoms with E-state index in [9.17, 15) is 0 Å². The second-order valence-electron chi connectivity index (χ2n) is 8.81. The maximum atomic E-state index is 7.53. The minimum absolute atomic E-state index is 0.188. The van der Waals surface area contributed by atoms with Gasteiger partial charge in [0, 0.05) is 18.7 Å². The van der Waals surface area contributed by atoms with Crippen LogP contribution in [-0.2, 0) is 6.54 Å². The molecule has 0 bridgehead atoms. The van der Waals surface area contributed by atoms with Crippen LogP contribution in [0.5, 0.6) is 0 Å². The third-order valence-electron chi connectivity index (χ3n) is 6.55. The Hall–Kier alpha value is -3.65. The van der Waals surface area contributed by atoms with Gasteiger partial charge in [0.1, 0.15) is 5.52 Å². The number of anilines is 1. The molecule has 1 aliphatic rings. The standard InChI is InChI=1S/C27H27N5/c1-18-9-7-14-22(15-18)24-16-23-25(32(24)17-20-10-5-4-6-11-20)26(31-27(28-3)30-23)29-19(2)21-12-8-13-21/h4-7,9-11,14-16,19,21H,8,12-13,17H2,1-2H3,(H,29,30,31)/t19-/m1/s1. The van der Waals surface area contributed by atoms with Crippen molar-refractivity contribution < 1.29 is 0 Å². The highest BCUT2D eigenvalue weighted by molar-refractivity contribution is 5.92. The summed E-state index contributed by atoms with van der Waals surface area (Å²) in [6.07, 6.45) is 3.79.